The summed E-state index contributed by atoms with van der Waals surface area (Å²) in [6.45, 7) is 0.514. The molecule has 1 aliphatic rings. The summed E-state index contributed by atoms with van der Waals surface area (Å²) in [7, 11) is 0. The van der Waals surface area contributed by atoms with Crippen molar-refractivity contribution in [3.05, 3.63) is 65.0 Å². The molecule has 6 heteroatoms. The summed E-state index contributed by atoms with van der Waals surface area (Å²) in [5, 5.41) is 4.80. The van der Waals surface area contributed by atoms with E-state index in [2.05, 4.69) is 5.32 Å². The summed E-state index contributed by atoms with van der Waals surface area (Å²) in [5.41, 5.74) is 2.19. The summed E-state index contributed by atoms with van der Waals surface area (Å²) in [6, 6.07) is 16.0. The Morgan fingerprint density at radius 1 is 1.04 bits per heavy atom. The minimum atomic E-state index is -0.353. The predicted molar refractivity (Wildman–Crippen MR) is 101 cm³/mol. The van der Waals surface area contributed by atoms with Gasteiger partial charge in [-0.05, 0) is 35.1 Å². The molecule has 3 aromatic rings. The number of rotatable bonds is 5. The van der Waals surface area contributed by atoms with Crippen LogP contribution < -0.4 is 10.1 Å². The molecule has 1 saturated heterocycles. The normalized spacial score (nSPS) is 17.0. The molecule has 2 heterocycles. The summed E-state index contributed by atoms with van der Waals surface area (Å²) >= 11 is 2.69. The molecule has 2 amide bonds. The average Bonchev–Trinajstić information content (AvgIpc) is 3.22. The topological polar surface area (TPSA) is 55.4 Å². The maximum Gasteiger partial charge on any atom is 0.286 e. The van der Waals surface area contributed by atoms with Crippen LogP contribution in [0.4, 0.5) is 4.79 Å². The van der Waals surface area contributed by atoms with E-state index in [-0.39, 0.29) is 16.4 Å². The van der Waals surface area contributed by atoms with Crippen LogP contribution in [-0.2, 0) is 17.8 Å². The van der Waals surface area contributed by atoms with Crippen molar-refractivity contribution in [1.82, 2.24) is 5.32 Å². The lowest BCUT2D eigenvalue weighted by Gasteiger charge is -2.11. The Kier molecular flexibility index (Phi) is 4.46. The van der Waals surface area contributed by atoms with Gasteiger partial charge in [-0.1, -0.05) is 48.2 Å². The zero-order valence-corrected chi connectivity index (χ0v) is 14.9. The number of benzene rings is 2. The highest BCUT2D eigenvalue weighted by molar-refractivity contribution is 8.15. The minimum Gasteiger partial charge on any atom is -0.488 e. The highest BCUT2D eigenvalue weighted by Crippen LogP contribution is 2.35. The van der Waals surface area contributed by atoms with Gasteiger partial charge < -0.3 is 4.74 Å². The van der Waals surface area contributed by atoms with Crippen molar-refractivity contribution in [3.63, 3.8) is 0 Å². The van der Waals surface area contributed by atoms with Crippen LogP contribution in [0.25, 0.3) is 10.1 Å². The van der Waals surface area contributed by atoms with Gasteiger partial charge in [-0.3, -0.25) is 14.9 Å². The third-order valence-electron chi connectivity index (χ3n) is 4.07. The molecule has 0 spiro atoms. The van der Waals surface area contributed by atoms with Crippen LogP contribution in [0.1, 0.15) is 11.1 Å². The number of fused-ring (bicyclic) bond motifs is 1. The fraction of sp³-hybridized carbons (Fsp3) is 0.158. The molecular weight excluding hydrogens is 354 g/mol. The lowest BCUT2D eigenvalue weighted by Crippen LogP contribution is -2.25. The van der Waals surface area contributed by atoms with Crippen molar-refractivity contribution < 1.29 is 14.3 Å². The van der Waals surface area contributed by atoms with Gasteiger partial charge in [-0.25, -0.2) is 0 Å². The Bertz CT molecular complexity index is 936. The predicted octanol–water partition coefficient (Wildman–Crippen LogP) is 4.37. The van der Waals surface area contributed by atoms with Gasteiger partial charge in [0, 0.05) is 10.1 Å². The van der Waals surface area contributed by atoms with Crippen molar-refractivity contribution in [2.75, 3.05) is 0 Å². The van der Waals surface area contributed by atoms with Gasteiger partial charge in [0.2, 0.25) is 5.91 Å². The number of nitrogens with one attached hydrogen (secondary N) is 1. The van der Waals surface area contributed by atoms with E-state index in [0.29, 0.717) is 13.0 Å². The first kappa shape index (κ1) is 16.2. The molecule has 4 nitrogen and oxygen atoms in total. The van der Waals surface area contributed by atoms with Crippen LogP contribution in [0, 0.1) is 0 Å². The standard InChI is InChI=1S/C19H15NO3S2/c21-18-16(25-19(22)20-18)10-13-6-7-15(14-8-9-24-17(13)14)23-11-12-4-2-1-3-5-12/h1-9,16H,10-11H2,(H,20,21,22)/t16-/m1/s1. The van der Waals surface area contributed by atoms with Crippen molar-refractivity contribution >= 4 is 44.3 Å². The van der Waals surface area contributed by atoms with E-state index in [1.165, 1.54) is 0 Å². The van der Waals surface area contributed by atoms with Gasteiger partial charge in [-0.2, -0.15) is 0 Å². The Balaban J connectivity index is 1.56. The minimum absolute atomic E-state index is 0.205. The molecule has 1 atom stereocenters. The number of hydrogen-bond acceptors (Lipinski definition) is 5. The van der Waals surface area contributed by atoms with Gasteiger partial charge in [0.15, 0.2) is 0 Å². The van der Waals surface area contributed by atoms with Crippen molar-refractivity contribution in [2.24, 2.45) is 0 Å². The second kappa shape index (κ2) is 6.90. The van der Waals surface area contributed by atoms with Crippen LogP contribution >= 0.6 is 23.1 Å². The molecule has 1 N–H and O–H groups in total. The largest absolute Gasteiger partial charge is 0.488 e. The van der Waals surface area contributed by atoms with Crippen LogP contribution in [0.5, 0.6) is 5.75 Å². The Hall–Kier alpha value is -2.31. The van der Waals surface area contributed by atoms with E-state index in [1.807, 2.05) is 53.9 Å². The lowest BCUT2D eigenvalue weighted by atomic mass is 10.1. The zero-order valence-electron chi connectivity index (χ0n) is 13.2. The number of hydrogen-bond donors (Lipinski definition) is 1. The Morgan fingerprint density at radius 2 is 1.88 bits per heavy atom. The summed E-state index contributed by atoms with van der Waals surface area (Å²) in [4.78, 5) is 23.2. The van der Waals surface area contributed by atoms with Gasteiger partial charge >= 0.3 is 0 Å². The molecule has 0 unspecified atom stereocenters. The van der Waals surface area contributed by atoms with E-state index < -0.39 is 0 Å². The SMILES string of the molecule is O=C1NC(=O)[C@@H](Cc2ccc(OCc3ccccc3)c3ccsc23)S1. The van der Waals surface area contributed by atoms with Crippen molar-refractivity contribution in [1.29, 1.82) is 0 Å². The highest BCUT2D eigenvalue weighted by Gasteiger charge is 2.32. The van der Waals surface area contributed by atoms with Gasteiger partial charge in [0.1, 0.15) is 12.4 Å². The molecule has 25 heavy (non-hydrogen) atoms. The van der Waals surface area contributed by atoms with E-state index in [4.69, 9.17) is 4.74 Å². The number of imide groups is 1. The number of ether oxygens (including phenoxy) is 1. The molecule has 1 aromatic heterocycles. The smallest absolute Gasteiger partial charge is 0.286 e. The zero-order chi connectivity index (χ0) is 17.2. The Labute approximate surface area is 153 Å². The summed E-state index contributed by atoms with van der Waals surface area (Å²) in [5.74, 6) is 0.632. The van der Waals surface area contributed by atoms with Crippen LogP contribution in [0.3, 0.4) is 0 Å². The first-order chi connectivity index (χ1) is 12.2. The lowest BCUT2D eigenvalue weighted by molar-refractivity contribution is -0.118. The molecule has 0 bridgehead atoms. The summed E-state index contributed by atoms with van der Waals surface area (Å²) < 4.78 is 7.10. The molecule has 126 valence electrons. The second-order valence-corrected chi connectivity index (χ2v) is 7.84. The summed E-state index contributed by atoms with van der Waals surface area (Å²) in [6.07, 6.45) is 0.540. The van der Waals surface area contributed by atoms with Gasteiger partial charge in [-0.15, -0.1) is 11.3 Å². The molecule has 0 saturated carbocycles. The van der Waals surface area contributed by atoms with E-state index in [1.54, 1.807) is 11.3 Å². The maximum atomic E-state index is 11.8. The van der Waals surface area contributed by atoms with Crippen LogP contribution in [-0.4, -0.2) is 16.4 Å². The molecular formula is C19H15NO3S2. The number of amides is 2. The fourth-order valence-corrected chi connectivity index (χ4v) is 4.63. The molecule has 0 radical (unpaired) electrons. The first-order valence-corrected chi connectivity index (χ1v) is 9.64. The third-order valence-corrected chi connectivity index (χ3v) is 6.04. The van der Waals surface area contributed by atoms with Crippen LogP contribution in [0.2, 0.25) is 0 Å². The van der Waals surface area contributed by atoms with Crippen LogP contribution in [0.15, 0.2) is 53.9 Å². The number of carbonyl (C=O) groups is 2. The quantitative estimate of drug-likeness (QED) is 0.725. The monoisotopic (exact) mass is 369 g/mol. The number of thioether (sulfide) groups is 1. The molecule has 2 aromatic carbocycles. The van der Waals surface area contributed by atoms with Gasteiger partial charge in [0.25, 0.3) is 5.24 Å². The van der Waals surface area contributed by atoms with Crippen molar-refractivity contribution in [2.45, 2.75) is 18.3 Å². The van der Waals surface area contributed by atoms with Crippen molar-refractivity contribution in [3.8, 4) is 5.75 Å². The number of carbonyl (C=O) groups excluding carboxylic acids is 2. The third kappa shape index (κ3) is 3.41. The van der Waals surface area contributed by atoms with E-state index in [9.17, 15) is 9.59 Å². The fourth-order valence-electron chi connectivity index (χ4n) is 2.84. The molecule has 1 aliphatic heterocycles. The van der Waals surface area contributed by atoms with E-state index >= 15 is 0 Å². The molecule has 0 aliphatic carbocycles. The Morgan fingerprint density at radius 3 is 2.64 bits per heavy atom. The molecule has 4 rings (SSSR count). The molecule has 1 fully saturated rings. The highest BCUT2D eigenvalue weighted by atomic mass is 32.2. The second-order valence-electron chi connectivity index (χ2n) is 5.75. The first-order valence-electron chi connectivity index (χ1n) is 7.88. The maximum absolute atomic E-state index is 11.8. The average molecular weight is 369 g/mol. The van der Waals surface area contributed by atoms with E-state index in [0.717, 1.165) is 38.7 Å². The van der Waals surface area contributed by atoms with Gasteiger partial charge in [0.05, 0.1) is 5.25 Å². The number of thiophene rings is 1.